The van der Waals surface area contributed by atoms with Crippen LogP contribution in [0.5, 0.6) is 0 Å². The molecule has 0 saturated carbocycles. The van der Waals surface area contributed by atoms with E-state index in [1.54, 1.807) is 0 Å². The summed E-state index contributed by atoms with van der Waals surface area (Å²) in [5, 5.41) is 24.0. The van der Waals surface area contributed by atoms with Gasteiger partial charge in [-0.15, -0.1) is 0 Å². The van der Waals surface area contributed by atoms with Crippen LogP contribution in [0.1, 0.15) is 206 Å². The van der Waals surface area contributed by atoms with Gasteiger partial charge < -0.3 is 20.1 Å². The SMILES string of the molecule is CCCCCCCCCCCCCCCCCC(=O)OC(=O)CCCCCCCCCCCCCCC.OCC(O)CO. The molecule has 43 heavy (non-hydrogen) atoms. The fourth-order valence-electron chi connectivity index (χ4n) is 5.21. The molecule has 0 rings (SSSR count). The molecule has 0 aromatic heterocycles. The third-order valence-electron chi connectivity index (χ3n) is 8.12. The molecule has 0 bridgehead atoms. The molecule has 0 aliphatic heterocycles. The molecule has 0 atom stereocenters. The Labute approximate surface area is 267 Å². The maximum atomic E-state index is 11.9. The Kier molecular flexibility index (Phi) is 40.1. The van der Waals surface area contributed by atoms with Gasteiger partial charge in [-0.1, -0.05) is 181 Å². The summed E-state index contributed by atoms with van der Waals surface area (Å²) < 4.78 is 5.00. The molecule has 0 aliphatic rings. The van der Waals surface area contributed by atoms with E-state index < -0.39 is 6.10 Å². The highest BCUT2D eigenvalue weighted by atomic mass is 16.6. The summed E-state index contributed by atoms with van der Waals surface area (Å²) in [6, 6.07) is 0. The number of hydrogen-bond acceptors (Lipinski definition) is 6. The molecule has 0 saturated heterocycles. The predicted octanol–water partition coefficient (Wildman–Crippen LogP) is 10.1. The lowest BCUT2D eigenvalue weighted by molar-refractivity contribution is -0.159. The molecule has 0 aliphatic carbocycles. The van der Waals surface area contributed by atoms with Crippen molar-refractivity contribution in [2.45, 2.75) is 213 Å². The number of unbranched alkanes of at least 4 members (excludes halogenated alkanes) is 26. The molecule has 0 aromatic rings. The Bertz CT molecular complexity index is 549. The first kappa shape index (κ1) is 44.1. The van der Waals surface area contributed by atoms with Crippen molar-refractivity contribution in [2.24, 2.45) is 0 Å². The Hall–Kier alpha value is -0.980. The minimum atomic E-state index is -0.954. The van der Waals surface area contributed by atoms with Gasteiger partial charge in [0.25, 0.3) is 0 Å². The van der Waals surface area contributed by atoms with Gasteiger partial charge in [-0.3, -0.25) is 9.59 Å². The lowest BCUT2D eigenvalue weighted by Gasteiger charge is -2.05. The van der Waals surface area contributed by atoms with Crippen LogP contribution in [0.15, 0.2) is 0 Å². The highest BCUT2D eigenvalue weighted by molar-refractivity contribution is 5.85. The van der Waals surface area contributed by atoms with Crippen LogP contribution in [0.4, 0.5) is 0 Å². The van der Waals surface area contributed by atoms with Crippen LogP contribution in [-0.4, -0.2) is 46.6 Å². The molecule has 0 radical (unpaired) electrons. The zero-order chi connectivity index (χ0) is 32.1. The maximum Gasteiger partial charge on any atom is 0.313 e. The Morgan fingerprint density at radius 1 is 0.419 bits per heavy atom. The smallest absolute Gasteiger partial charge is 0.313 e. The van der Waals surface area contributed by atoms with Gasteiger partial charge in [-0.2, -0.15) is 0 Å². The minimum absolute atomic E-state index is 0.325. The van der Waals surface area contributed by atoms with E-state index in [1.807, 2.05) is 0 Å². The number of esters is 2. The van der Waals surface area contributed by atoms with Crippen LogP contribution in [0, 0.1) is 0 Å². The van der Waals surface area contributed by atoms with Gasteiger partial charge in [0.2, 0.25) is 0 Å². The molecule has 0 spiro atoms. The van der Waals surface area contributed by atoms with Crippen LogP contribution in [0.25, 0.3) is 0 Å². The van der Waals surface area contributed by atoms with Crippen LogP contribution in [0.2, 0.25) is 0 Å². The first-order valence-corrected chi connectivity index (χ1v) is 18.6. The first-order valence-electron chi connectivity index (χ1n) is 18.6. The molecule has 0 unspecified atom stereocenters. The highest BCUT2D eigenvalue weighted by Gasteiger charge is 2.10. The summed E-state index contributed by atoms with van der Waals surface area (Å²) in [6.45, 7) is 3.82. The zero-order valence-corrected chi connectivity index (χ0v) is 28.8. The number of hydrogen-bond donors (Lipinski definition) is 3. The second-order valence-electron chi connectivity index (χ2n) is 12.6. The van der Waals surface area contributed by atoms with Crippen molar-refractivity contribution in [3.05, 3.63) is 0 Å². The zero-order valence-electron chi connectivity index (χ0n) is 28.8. The summed E-state index contributed by atoms with van der Waals surface area (Å²) in [5.41, 5.74) is 0. The monoisotopic (exact) mass is 615 g/mol. The summed E-state index contributed by atoms with van der Waals surface area (Å²) >= 11 is 0. The summed E-state index contributed by atoms with van der Waals surface area (Å²) in [4.78, 5) is 23.8. The quantitative estimate of drug-likeness (QED) is 0.0396. The number of rotatable bonds is 32. The van der Waals surface area contributed by atoms with Crippen molar-refractivity contribution < 1.29 is 29.6 Å². The molecule has 0 heterocycles. The number of aliphatic hydroxyl groups is 3. The van der Waals surface area contributed by atoms with E-state index in [4.69, 9.17) is 20.1 Å². The predicted molar refractivity (Wildman–Crippen MR) is 181 cm³/mol. The molecular formula is C37H74O6. The van der Waals surface area contributed by atoms with Crippen molar-refractivity contribution in [1.82, 2.24) is 0 Å². The third kappa shape index (κ3) is 41.0. The van der Waals surface area contributed by atoms with Gasteiger partial charge in [0.1, 0.15) is 6.10 Å². The van der Waals surface area contributed by atoms with Crippen molar-refractivity contribution in [1.29, 1.82) is 0 Å². The highest BCUT2D eigenvalue weighted by Crippen LogP contribution is 2.15. The van der Waals surface area contributed by atoms with Gasteiger partial charge in [0.15, 0.2) is 0 Å². The number of carbonyl (C=O) groups excluding carboxylic acids is 2. The van der Waals surface area contributed by atoms with E-state index >= 15 is 0 Å². The van der Waals surface area contributed by atoms with E-state index in [2.05, 4.69) is 13.8 Å². The molecule has 0 amide bonds. The summed E-state index contributed by atoms with van der Waals surface area (Å²) in [6.07, 6.45) is 36.2. The molecule has 258 valence electrons. The molecule has 0 aromatic carbocycles. The van der Waals surface area contributed by atoms with Gasteiger partial charge in [0.05, 0.1) is 13.2 Å². The van der Waals surface area contributed by atoms with Gasteiger partial charge >= 0.3 is 11.9 Å². The standard InChI is InChI=1S/C34H66O3.C3H8O3/c1-3-5-7-9-11-13-15-17-18-20-22-24-26-28-30-32-34(36)37-33(35)31-29-27-25-23-21-19-16-14-12-10-8-6-4-2;4-1-3(6)2-5/h3-32H2,1-2H3;3-6H,1-2H2. The normalized spacial score (nSPS) is 11.0. The van der Waals surface area contributed by atoms with Crippen molar-refractivity contribution in [3.8, 4) is 0 Å². The second-order valence-corrected chi connectivity index (χ2v) is 12.6. The lowest BCUT2D eigenvalue weighted by Crippen LogP contribution is -2.15. The van der Waals surface area contributed by atoms with E-state index in [1.165, 1.54) is 154 Å². The largest absolute Gasteiger partial charge is 0.394 e. The van der Waals surface area contributed by atoms with Gasteiger partial charge in [-0.05, 0) is 12.8 Å². The number of carbonyl (C=O) groups is 2. The molecule has 0 fully saturated rings. The van der Waals surface area contributed by atoms with Crippen molar-refractivity contribution in [2.75, 3.05) is 13.2 Å². The van der Waals surface area contributed by atoms with E-state index in [0.717, 1.165) is 25.7 Å². The fourth-order valence-corrected chi connectivity index (χ4v) is 5.21. The average Bonchev–Trinajstić information content (AvgIpc) is 3.01. The lowest BCUT2D eigenvalue weighted by atomic mass is 10.0. The third-order valence-corrected chi connectivity index (χ3v) is 8.12. The molecule has 3 N–H and O–H groups in total. The Balaban J connectivity index is 0. The Morgan fingerprint density at radius 2 is 0.628 bits per heavy atom. The topological polar surface area (TPSA) is 104 Å². The maximum absolute atomic E-state index is 11.9. The summed E-state index contributed by atoms with van der Waals surface area (Å²) in [7, 11) is 0. The van der Waals surface area contributed by atoms with E-state index in [0.29, 0.717) is 12.8 Å². The van der Waals surface area contributed by atoms with Crippen molar-refractivity contribution >= 4 is 11.9 Å². The molecular weight excluding hydrogens is 540 g/mol. The average molecular weight is 615 g/mol. The van der Waals surface area contributed by atoms with E-state index in [-0.39, 0.29) is 25.2 Å². The van der Waals surface area contributed by atoms with Crippen LogP contribution < -0.4 is 0 Å². The second kappa shape index (κ2) is 39.0. The van der Waals surface area contributed by atoms with Crippen molar-refractivity contribution in [3.63, 3.8) is 0 Å². The van der Waals surface area contributed by atoms with Crippen LogP contribution in [-0.2, 0) is 14.3 Å². The van der Waals surface area contributed by atoms with E-state index in [9.17, 15) is 9.59 Å². The summed E-state index contributed by atoms with van der Waals surface area (Å²) in [5.74, 6) is -0.650. The minimum Gasteiger partial charge on any atom is -0.394 e. The first-order chi connectivity index (χ1) is 21.0. The van der Waals surface area contributed by atoms with Crippen LogP contribution >= 0.6 is 0 Å². The molecule has 6 heteroatoms. The fraction of sp³-hybridized carbons (Fsp3) is 0.946. The number of ether oxygens (including phenoxy) is 1. The Morgan fingerprint density at radius 3 is 0.814 bits per heavy atom. The van der Waals surface area contributed by atoms with Gasteiger partial charge in [0, 0.05) is 12.8 Å². The number of aliphatic hydroxyl groups excluding tert-OH is 3. The van der Waals surface area contributed by atoms with Crippen LogP contribution in [0.3, 0.4) is 0 Å². The van der Waals surface area contributed by atoms with Gasteiger partial charge in [-0.25, -0.2) is 0 Å². The molecule has 6 nitrogen and oxygen atoms in total.